The molecule has 2 aromatic rings. The molecule has 1 unspecified atom stereocenters. The molecule has 0 aromatic heterocycles. The zero-order valence-electron chi connectivity index (χ0n) is 16.1. The highest BCUT2D eigenvalue weighted by Crippen LogP contribution is 2.61. The molecule has 0 spiro atoms. The number of benzene rings is 2. The van der Waals surface area contributed by atoms with Gasteiger partial charge in [-0.25, -0.2) is 5.01 Å². The molecule has 0 bridgehead atoms. The molecule has 1 amide bonds. The van der Waals surface area contributed by atoms with Crippen molar-refractivity contribution in [3.05, 3.63) is 75.8 Å². The summed E-state index contributed by atoms with van der Waals surface area (Å²) in [5.41, 5.74) is 5.58. The highest BCUT2D eigenvalue weighted by atomic mass is 35.5. The van der Waals surface area contributed by atoms with Crippen LogP contribution in [0.3, 0.4) is 0 Å². The maximum atomic E-state index is 13.0. The predicted molar refractivity (Wildman–Crippen MR) is 108 cm³/mol. The molecule has 2 fully saturated rings. The van der Waals surface area contributed by atoms with Crippen molar-refractivity contribution in [3.8, 4) is 0 Å². The van der Waals surface area contributed by atoms with E-state index in [1.54, 1.807) is 0 Å². The van der Waals surface area contributed by atoms with Gasteiger partial charge in [0, 0.05) is 17.0 Å². The van der Waals surface area contributed by atoms with Crippen LogP contribution in [0, 0.1) is 0 Å². The average Bonchev–Trinajstić information content (AvgIpc) is 3.14. The van der Waals surface area contributed by atoms with Gasteiger partial charge in [0.15, 0.2) is 0 Å². The van der Waals surface area contributed by atoms with E-state index >= 15 is 0 Å². The van der Waals surface area contributed by atoms with E-state index in [0.29, 0.717) is 6.42 Å². The van der Waals surface area contributed by atoms with Crippen LogP contribution in [0.4, 0.5) is 0 Å². The largest absolute Gasteiger partial charge is 0.273 e. The Balaban J connectivity index is 1.85. The van der Waals surface area contributed by atoms with Gasteiger partial charge in [-0.3, -0.25) is 9.80 Å². The lowest BCUT2D eigenvalue weighted by Crippen LogP contribution is -2.49. The molecule has 27 heavy (non-hydrogen) atoms. The van der Waals surface area contributed by atoms with Gasteiger partial charge in [-0.2, -0.15) is 0 Å². The average molecular weight is 379 g/mol. The number of fused-ring (bicyclic) bond motifs is 5. The summed E-state index contributed by atoms with van der Waals surface area (Å²) in [5.74, 6) is 0.204. The predicted octanol–water partition coefficient (Wildman–Crippen LogP) is 5.22. The molecule has 5 rings (SSSR count). The zero-order chi connectivity index (χ0) is 19.1. The normalized spacial score (nSPS) is 25.0. The third-order valence-electron chi connectivity index (χ3n) is 6.27. The summed E-state index contributed by atoms with van der Waals surface area (Å²) in [7, 11) is 0. The smallest absolute Gasteiger partial charge is 0.239 e. The number of halogens is 1. The Morgan fingerprint density at radius 2 is 1.78 bits per heavy atom. The van der Waals surface area contributed by atoms with Crippen LogP contribution in [0.2, 0.25) is 5.02 Å². The van der Waals surface area contributed by atoms with Crippen molar-refractivity contribution in [1.82, 2.24) is 10.0 Å². The number of hydrazine groups is 1. The number of hydrogen-bond donors (Lipinski definition) is 0. The SMILES string of the molecule is CC1(C)CC(=O)N2N1C1C(=C(c3cccc(Cl)c3)c3ccccc31)C2(C)C. The van der Waals surface area contributed by atoms with Crippen molar-refractivity contribution < 1.29 is 4.79 Å². The molecular formula is C23H23ClN2O. The molecule has 3 aliphatic rings. The molecule has 2 aromatic carbocycles. The maximum absolute atomic E-state index is 13.0. The van der Waals surface area contributed by atoms with Crippen LogP contribution < -0.4 is 0 Å². The van der Waals surface area contributed by atoms with Crippen molar-refractivity contribution in [2.75, 3.05) is 0 Å². The van der Waals surface area contributed by atoms with E-state index < -0.39 is 0 Å². The summed E-state index contributed by atoms with van der Waals surface area (Å²) in [5, 5.41) is 5.06. The van der Waals surface area contributed by atoms with E-state index in [4.69, 9.17) is 11.6 Å². The van der Waals surface area contributed by atoms with E-state index in [2.05, 4.69) is 63.0 Å². The molecule has 3 nitrogen and oxygen atoms in total. The van der Waals surface area contributed by atoms with Gasteiger partial charge < -0.3 is 0 Å². The fourth-order valence-electron chi connectivity index (χ4n) is 5.33. The van der Waals surface area contributed by atoms with Gasteiger partial charge in [-0.15, -0.1) is 0 Å². The van der Waals surface area contributed by atoms with Crippen LogP contribution in [0.1, 0.15) is 56.8 Å². The van der Waals surface area contributed by atoms with Gasteiger partial charge in [0.2, 0.25) is 5.91 Å². The number of carbonyl (C=O) groups is 1. The molecule has 2 aliphatic heterocycles. The van der Waals surface area contributed by atoms with Crippen LogP contribution in [-0.2, 0) is 4.79 Å². The summed E-state index contributed by atoms with van der Waals surface area (Å²) in [6, 6.07) is 16.7. The van der Waals surface area contributed by atoms with Gasteiger partial charge in [-0.05, 0) is 67.7 Å². The molecule has 1 atom stereocenters. The second-order valence-corrected chi connectivity index (χ2v) is 9.32. The van der Waals surface area contributed by atoms with E-state index in [1.807, 2.05) is 23.2 Å². The molecule has 2 saturated heterocycles. The highest BCUT2D eigenvalue weighted by Gasteiger charge is 2.63. The van der Waals surface area contributed by atoms with E-state index in [9.17, 15) is 4.79 Å². The lowest BCUT2D eigenvalue weighted by molar-refractivity contribution is -0.145. The van der Waals surface area contributed by atoms with E-state index in [0.717, 1.165) is 10.6 Å². The molecule has 0 N–H and O–H groups in total. The standard InChI is InChI=1S/C23H23ClN2O/c1-22(2)13-18(27)25-23(3,4)20-19(14-8-7-9-15(24)12-14)16-10-5-6-11-17(16)21(20)26(22)25/h5-12,21H,13H2,1-4H3. The van der Waals surface area contributed by atoms with Crippen LogP contribution in [0.25, 0.3) is 5.57 Å². The van der Waals surface area contributed by atoms with Gasteiger partial charge in [0.1, 0.15) is 0 Å². The fourth-order valence-corrected chi connectivity index (χ4v) is 5.52. The van der Waals surface area contributed by atoms with Crippen LogP contribution in [0.15, 0.2) is 54.1 Å². The van der Waals surface area contributed by atoms with Crippen molar-refractivity contribution in [2.45, 2.75) is 51.2 Å². The highest BCUT2D eigenvalue weighted by molar-refractivity contribution is 6.30. The third-order valence-corrected chi connectivity index (χ3v) is 6.50. The number of amides is 1. The van der Waals surface area contributed by atoms with E-state index in [-0.39, 0.29) is 23.0 Å². The Labute approximate surface area is 165 Å². The summed E-state index contributed by atoms with van der Waals surface area (Å²) < 4.78 is 0. The van der Waals surface area contributed by atoms with Crippen molar-refractivity contribution in [1.29, 1.82) is 0 Å². The first-order valence-electron chi connectivity index (χ1n) is 9.46. The molecule has 138 valence electrons. The van der Waals surface area contributed by atoms with Gasteiger partial charge in [0.05, 0.1) is 11.6 Å². The number of nitrogens with zero attached hydrogens (tertiary/aromatic N) is 2. The minimum atomic E-state index is -0.383. The van der Waals surface area contributed by atoms with E-state index in [1.165, 1.54) is 22.3 Å². The van der Waals surface area contributed by atoms with Gasteiger partial charge in [0.25, 0.3) is 0 Å². The number of carbonyl (C=O) groups excluding carboxylic acids is 1. The van der Waals surface area contributed by atoms with Crippen molar-refractivity contribution >= 4 is 23.1 Å². The summed E-state index contributed by atoms with van der Waals surface area (Å²) in [6.45, 7) is 8.68. The fraction of sp³-hybridized carbons (Fsp3) is 0.348. The second kappa shape index (κ2) is 5.24. The minimum absolute atomic E-state index is 0.0895. The molecular weight excluding hydrogens is 356 g/mol. The topological polar surface area (TPSA) is 23.6 Å². The Bertz CT molecular complexity index is 1020. The van der Waals surface area contributed by atoms with Gasteiger partial charge >= 0.3 is 0 Å². The van der Waals surface area contributed by atoms with Crippen molar-refractivity contribution in [2.24, 2.45) is 0 Å². The molecule has 4 heteroatoms. The first kappa shape index (κ1) is 17.0. The van der Waals surface area contributed by atoms with Crippen LogP contribution in [-0.4, -0.2) is 27.0 Å². The summed E-state index contributed by atoms with van der Waals surface area (Å²) in [6.07, 6.45) is 0.550. The maximum Gasteiger partial charge on any atom is 0.239 e. The molecule has 0 radical (unpaired) electrons. The van der Waals surface area contributed by atoms with Crippen LogP contribution >= 0.6 is 11.6 Å². The summed E-state index contributed by atoms with van der Waals surface area (Å²) in [4.78, 5) is 13.0. The third kappa shape index (κ3) is 2.10. The molecule has 2 heterocycles. The second-order valence-electron chi connectivity index (χ2n) is 8.89. The quantitative estimate of drug-likeness (QED) is 0.679. The van der Waals surface area contributed by atoms with Gasteiger partial charge in [-0.1, -0.05) is 48.0 Å². The first-order valence-corrected chi connectivity index (χ1v) is 9.83. The Morgan fingerprint density at radius 3 is 2.52 bits per heavy atom. The Kier molecular flexibility index (Phi) is 3.31. The number of hydrogen-bond acceptors (Lipinski definition) is 2. The molecule has 1 aliphatic carbocycles. The molecule has 0 saturated carbocycles. The first-order chi connectivity index (χ1) is 12.7. The van der Waals surface area contributed by atoms with Crippen LogP contribution in [0.5, 0.6) is 0 Å². The number of rotatable bonds is 1. The summed E-state index contributed by atoms with van der Waals surface area (Å²) >= 11 is 6.33. The van der Waals surface area contributed by atoms with Crippen molar-refractivity contribution in [3.63, 3.8) is 0 Å². The monoisotopic (exact) mass is 378 g/mol. The zero-order valence-corrected chi connectivity index (χ0v) is 16.8. The minimum Gasteiger partial charge on any atom is -0.273 e. The lowest BCUT2D eigenvalue weighted by Gasteiger charge is -2.38. The Morgan fingerprint density at radius 1 is 1.04 bits per heavy atom. The Hall–Kier alpha value is -2.10. The lowest BCUT2D eigenvalue weighted by atomic mass is 9.85.